The fourth-order valence-corrected chi connectivity index (χ4v) is 1.19. The SMILES string of the molecule is COC1CCC1=NNC(=O)OC(C)(C)C. The second-order valence-corrected chi connectivity index (χ2v) is 4.48. The summed E-state index contributed by atoms with van der Waals surface area (Å²) in [5.74, 6) is 0. The molecule has 1 rings (SSSR count). The van der Waals surface area contributed by atoms with Gasteiger partial charge in [-0.25, -0.2) is 10.2 Å². The summed E-state index contributed by atoms with van der Waals surface area (Å²) in [6.07, 6.45) is 1.36. The fourth-order valence-electron chi connectivity index (χ4n) is 1.19. The summed E-state index contributed by atoms with van der Waals surface area (Å²) in [5.41, 5.74) is 2.72. The van der Waals surface area contributed by atoms with Crippen molar-refractivity contribution in [1.82, 2.24) is 5.43 Å². The van der Waals surface area contributed by atoms with Crippen molar-refractivity contribution in [3.05, 3.63) is 0 Å². The number of ether oxygens (including phenoxy) is 2. The number of carbonyl (C=O) groups excluding carboxylic acids is 1. The summed E-state index contributed by atoms with van der Waals surface area (Å²) in [6, 6.07) is 0. The van der Waals surface area contributed by atoms with Crippen molar-refractivity contribution < 1.29 is 14.3 Å². The van der Waals surface area contributed by atoms with E-state index in [-0.39, 0.29) is 6.10 Å². The summed E-state index contributed by atoms with van der Waals surface area (Å²) in [5, 5.41) is 3.93. The van der Waals surface area contributed by atoms with Crippen LogP contribution in [0.1, 0.15) is 33.6 Å². The molecular weight excluding hydrogens is 196 g/mol. The maximum atomic E-state index is 11.2. The smallest absolute Gasteiger partial charge is 0.428 e. The second kappa shape index (κ2) is 4.61. The minimum atomic E-state index is -0.531. The molecule has 0 aromatic heterocycles. The third-order valence-corrected chi connectivity index (χ3v) is 2.01. The third kappa shape index (κ3) is 3.87. The van der Waals surface area contributed by atoms with Crippen LogP contribution in [0, 0.1) is 0 Å². The Hall–Kier alpha value is -1.10. The van der Waals surface area contributed by atoms with Gasteiger partial charge in [-0.1, -0.05) is 0 Å². The van der Waals surface area contributed by atoms with Crippen LogP contribution in [0.15, 0.2) is 5.10 Å². The molecule has 0 saturated heterocycles. The van der Waals surface area contributed by atoms with E-state index in [1.165, 1.54) is 0 Å². The number of hydrazone groups is 1. The molecule has 0 spiro atoms. The number of rotatable bonds is 2. The molecule has 1 unspecified atom stereocenters. The van der Waals surface area contributed by atoms with E-state index < -0.39 is 11.7 Å². The van der Waals surface area contributed by atoms with E-state index in [1.54, 1.807) is 27.9 Å². The number of hydrogen-bond acceptors (Lipinski definition) is 4. The van der Waals surface area contributed by atoms with E-state index in [4.69, 9.17) is 9.47 Å². The van der Waals surface area contributed by atoms with Crippen LogP contribution >= 0.6 is 0 Å². The zero-order valence-electron chi connectivity index (χ0n) is 9.66. The van der Waals surface area contributed by atoms with Crippen LogP contribution < -0.4 is 5.43 Å². The van der Waals surface area contributed by atoms with E-state index in [0.29, 0.717) is 0 Å². The van der Waals surface area contributed by atoms with Gasteiger partial charge in [0, 0.05) is 7.11 Å². The average Bonchev–Trinajstić information content (AvgIpc) is 1.99. The van der Waals surface area contributed by atoms with Gasteiger partial charge in [-0.3, -0.25) is 0 Å². The minimum absolute atomic E-state index is 0.0555. The maximum Gasteiger partial charge on any atom is 0.428 e. The van der Waals surface area contributed by atoms with Crippen molar-refractivity contribution in [3.8, 4) is 0 Å². The predicted molar refractivity (Wildman–Crippen MR) is 56.8 cm³/mol. The fraction of sp³-hybridized carbons (Fsp3) is 0.800. The highest BCUT2D eigenvalue weighted by Crippen LogP contribution is 2.18. The normalized spacial score (nSPS) is 23.5. The van der Waals surface area contributed by atoms with Crippen LogP contribution in [0.4, 0.5) is 4.79 Å². The molecule has 1 amide bonds. The van der Waals surface area contributed by atoms with Gasteiger partial charge in [0.05, 0.1) is 11.8 Å². The van der Waals surface area contributed by atoms with Gasteiger partial charge in [0.15, 0.2) is 0 Å². The molecule has 0 aromatic carbocycles. The first-order valence-electron chi connectivity index (χ1n) is 5.00. The average molecular weight is 214 g/mol. The Morgan fingerprint density at radius 3 is 2.60 bits per heavy atom. The Bertz CT molecular complexity index is 266. The Labute approximate surface area is 89.8 Å². The van der Waals surface area contributed by atoms with Gasteiger partial charge >= 0.3 is 6.09 Å². The number of amides is 1. The van der Waals surface area contributed by atoms with Gasteiger partial charge in [0.2, 0.25) is 0 Å². The Morgan fingerprint density at radius 1 is 1.53 bits per heavy atom. The zero-order chi connectivity index (χ0) is 11.5. The molecule has 0 bridgehead atoms. The molecule has 1 saturated carbocycles. The van der Waals surface area contributed by atoms with Gasteiger partial charge in [0.25, 0.3) is 0 Å². The van der Waals surface area contributed by atoms with Crippen LogP contribution in [0.2, 0.25) is 0 Å². The van der Waals surface area contributed by atoms with Crippen LogP contribution in [0.5, 0.6) is 0 Å². The number of nitrogens with one attached hydrogen (secondary N) is 1. The van der Waals surface area contributed by atoms with Crippen LogP contribution in [-0.2, 0) is 9.47 Å². The molecule has 0 heterocycles. The van der Waals surface area contributed by atoms with E-state index in [0.717, 1.165) is 18.6 Å². The van der Waals surface area contributed by atoms with E-state index in [2.05, 4.69) is 10.5 Å². The number of methoxy groups -OCH3 is 1. The highest BCUT2D eigenvalue weighted by atomic mass is 16.6. The van der Waals surface area contributed by atoms with E-state index in [1.807, 2.05) is 0 Å². The largest absolute Gasteiger partial charge is 0.443 e. The van der Waals surface area contributed by atoms with Crippen molar-refractivity contribution in [1.29, 1.82) is 0 Å². The van der Waals surface area contributed by atoms with Gasteiger partial charge in [-0.15, -0.1) is 0 Å². The molecule has 86 valence electrons. The lowest BCUT2D eigenvalue weighted by molar-refractivity contribution is 0.0526. The van der Waals surface area contributed by atoms with Gasteiger partial charge in [-0.05, 0) is 33.6 Å². The highest BCUT2D eigenvalue weighted by molar-refractivity contribution is 5.94. The van der Waals surface area contributed by atoms with Crippen LogP contribution in [0.3, 0.4) is 0 Å². The molecule has 1 N–H and O–H groups in total. The number of carbonyl (C=O) groups is 1. The molecule has 0 aromatic rings. The molecule has 1 fully saturated rings. The highest BCUT2D eigenvalue weighted by Gasteiger charge is 2.26. The summed E-state index contributed by atoms with van der Waals surface area (Å²) >= 11 is 0. The lowest BCUT2D eigenvalue weighted by atomic mass is 9.93. The Kier molecular flexibility index (Phi) is 3.68. The molecule has 5 nitrogen and oxygen atoms in total. The number of hydrogen-bond donors (Lipinski definition) is 1. The lowest BCUT2D eigenvalue weighted by Gasteiger charge is -2.26. The lowest BCUT2D eigenvalue weighted by Crippen LogP contribution is -2.37. The Balaban J connectivity index is 2.34. The predicted octanol–water partition coefficient (Wildman–Crippen LogP) is 1.68. The first-order valence-corrected chi connectivity index (χ1v) is 5.00. The molecule has 0 radical (unpaired) electrons. The monoisotopic (exact) mass is 214 g/mol. The second-order valence-electron chi connectivity index (χ2n) is 4.48. The van der Waals surface area contributed by atoms with Gasteiger partial charge < -0.3 is 9.47 Å². The maximum absolute atomic E-state index is 11.2. The van der Waals surface area contributed by atoms with Crippen LogP contribution in [-0.4, -0.2) is 30.6 Å². The third-order valence-electron chi connectivity index (χ3n) is 2.01. The van der Waals surface area contributed by atoms with Crippen molar-refractivity contribution in [2.45, 2.75) is 45.3 Å². The summed E-state index contributed by atoms with van der Waals surface area (Å²) in [6.45, 7) is 5.42. The summed E-state index contributed by atoms with van der Waals surface area (Å²) in [7, 11) is 1.63. The van der Waals surface area contributed by atoms with Gasteiger partial charge in [-0.2, -0.15) is 5.10 Å². The van der Waals surface area contributed by atoms with Crippen molar-refractivity contribution >= 4 is 11.8 Å². The van der Waals surface area contributed by atoms with E-state index >= 15 is 0 Å². The molecular formula is C10H18N2O3. The quantitative estimate of drug-likeness (QED) is 0.711. The minimum Gasteiger partial charge on any atom is -0.443 e. The van der Waals surface area contributed by atoms with Gasteiger partial charge in [0.1, 0.15) is 5.60 Å². The molecule has 1 aliphatic rings. The molecule has 1 atom stereocenters. The van der Waals surface area contributed by atoms with Crippen LogP contribution in [0.25, 0.3) is 0 Å². The van der Waals surface area contributed by atoms with Crippen molar-refractivity contribution in [2.24, 2.45) is 5.10 Å². The Morgan fingerprint density at radius 2 is 2.20 bits per heavy atom. The molecule has 5 heteroatoms. The zero-order valence-corrected chi connectivity index (χ0v) is 9.66. The molecule has 0 aliphatic heterocycles. The number of nitrogens with zero attached hydrogens (tertiary/aromatic N) is 1. The van der Waals surface area contributed by atoms with Crippen molar-refractivity contribution in [3.63, 3.8) is 0 Å². The topological polar surface area (TPSA) is 59.9 Å². The van der Waals surface area contributed by atoms with E-state index in [9.17, 15) is 4.79 Å². The first-order chi connectivity index (χ1) is 6.92. The standard InChI is InChI=1S/C10H18N2O3/c1-10(2,3)15-9(13)12-11-7-5-6-8(7)14-4/h8H,5-6H2,1-4H3,(H,12,13). The first kappa shape index (κ1) is 12.0. The van der Waals surface area contributed by atoms with Crippen molar-refractivity contribution in [2.75, 3.05) is 7.11 Å². The molecule has 15 heavy (non-hydrogen) atoms. The summed E-state index contributed by atoms with van der Waals surface area (Å²) in [4.78, 5) is 11.2. The molecule has 1 aliphatic carbocycles. The summed E-state index contributed by atoms with van der Waals surface area (Å²) < 4.78 is 10.1.